The van der Waals surface area contributed by atoms with Crippen molar-refractivity contribution in [3.63, 3.8) is 0 Å². The molecule has 1 saturated heterocycles. The van der Waals surface area contributed by atoms with Crippen LogP contribution in [0.1, 0.15) is 48.9 Å². The van der Waals surface area contributed by atoms with Crippen molar-refractivity contribution in [1.82, 2.24) is 14.8 Å². The Labute approximate surface area is 218 Å². The van der Waals surface area contributed by atoms with Crippen molar-refractivity contribution in [1.29, 1.82) is 0 Å². The van der Waals surface area contributed by atoms with Gasteiger partial charge >= 0.3 is 6.03 Å². The van der Waals surface area contributed by atoms with E-state index in [0.29, 0.717) is 44.8 Å². The van der Waals surface area contributed by atoms with Crippen molar-refractivity contribution in [3.05, 3.63) is 53.2 Å². The SMILES string of the molecule is CCOc1cc2c(cc1OC)CCN(C(=O)N1CCC(O)CC1)C2CCc1c[nH]c2ccc(OC)cc12. The average molecular weight is 508 g/mol. The quantitative estimate of drug-likeness (QED) is 0.484. The molecule has 0 radical (unpaired) electrons. The molecule has 5 rings (SSSR count). The molecule has 1 unspecified atom stereocenters. The molecule has 2 aromatic carbocycles. The zero-order valence-corrected chi connectivity index (χ0v) is 22.0. The first-order valence-electron chi connectivity index (χ1n) is 13.2. The van der Waals surface area contributed by atoms with Gasteiger partial charge in [0.15, 0.2) is 11.5 Å². The number of hydrogen-bond donors (Lipinski definition) is 2. The lowest BCUT2D eigenvalue weighted by molar-refractivity contribution is 0.0725. The summed E-state index contributed by atoms with van der Waals surface area (Å²) in [7, 11) is 3.34. The molecular formula is C29H37N3O5. The van der Waals surface area contributed by atoms with Crippen molar-refractivity contribution < 1.29 is 24.1 Å². The van der Waals surface area contributed by atoms with E-state index in [1.54, 1.807) is 14.2 Å². The molecule has 2 aliphatic rings. The minimum atomic E-state index is -0.318. The number of urea groups is 1. The summed E-state index contributed by atoms with van der Waals surface area (Å²) in [6.07, 6.45) is 5.34. The number of amides is 2. The predicted octanol–water partition coefficient (Wildman–Crippen LogP) is 4.69. The number of hydrogen-bond acceptors (Lipinski definition) is 5. The lowest BCUT2D eigenvalue weighted by atomic mass is 9.88. The van der Waals surface area contributed by atoms with Crippen LogP contribution in [0.2, 0.25) is 0 Å². The smallest absolute Gasteiger partial charge is 0.320 e. The van der Waals surface area contributed by atoms with Crippen LogP contribution in [0.3, 0.4) is 0 Å². The first-order valence-corrected chi connectivity index (χ1v) is 13.2. The number of aliphatic hydroxyl groups is 1. The number of likely N-dealkylation sites (tertiary alicyclic amines) is 1. The summed E-state index contributed by atoms with van der Waals surface area (Å²) in [6, 6.07) is 10.2. The van der Waals surface area contributed by atoms with Gasteiger partial charge in [-0.25, -0.2) is 4.79 Å². The van der Waals surface area contributed by atoms with E-state index in [0.717, 1.165) is 47.2 Å². The number of carbonyl (C=O) groups is 1. The Morgan fingerprint density at radius 2 is 1.89 bits per heavy atom. The highest BCUT2D eigenvalue weighted by Crippen LogP contribution is 2.41. The zero-order chi connectivity index (χ0) is 25.9. The van der Waals surface area contributed by atoms with Crippen LogP contribution in [0.15, 0.2) is 36.5 Å². The summed E-state index contributed by atoms with van der Waals surface area (Å²) < 4.78 is 17.0. The number of aliphatic hydroxyl groups excluding tert-OH is 1. The second-order valence-corrected chi connectivity index (χ2v) is 9.86. The minimum Gasteiger partial charge on any atom is -0.497 e. The maximum absolute atomic E-state index is 13.8. The molecule has 0 saturated carbocycles. The summed E-state index contributed by atoms with van der Waals surface area (Å²) in [4.78, 5) is 21.1. The molecule has 198 valence electrons. The first-order chi connectivity index (χ1) is 18.0. The van der Waals surface area contributed by atoms with Crippen molar-refractivity contribution in [2.24, 2.45) is 0 Å². The van der Waals surface area contributed by atoms with Gasteiger partial charge in [-0.2, -0.15) is 0 Å². The molecule has 0 bridgehead atoms. The number of aromatic nitrogens is 1. The number of benzene rings is 2. The lowest BCUT2D eigenvalue weighted by Crippen LogP contribution is -2.50. The Balaban J connectivity index is 1.47. The summed E-state index contributed by atoms with van der Waals surface area (Å²) in [5.74, 6) is 2.27. The molecule has 2 aliphatic heterocycles. The van der Waals surface area contributed by atoms with E-state index in [1.165, 1.54) is 11.1 Å². The van der Waals surface area contributed by atoms with Gasteiger partial charge in [0.1, 0.15) is 5.75 Å². The van der Waals surface area contributed by atoms with Crippen LogP contribution < -0.4 is 14.2 Å². The molecule has 2 N–H and O–H groups in total. The van der Waals surface area contributed by atoms with E-state index in [2.05, 4.69) is 29.4 Å². The van der Waals surface area contributed by atoms with Gasteiger partial charge in [0.2, 0.25) is 0 Å². The highest BCUT2D eigenvalue weighted by atomic mass is 16.5. The number of piperidine rings is 1. The van der Waals surface area contributed by atoms with E-state index in [9.17, 15) is 9.90 Å². The standard InChI is InChI=1S/C29H37N3O5/c1-4-37-28-17-24-19(15-27(28)36-3)9-14-32(29(34)31-12-10-21(33)11-13-31)26(24)8-5-20-18-30-25-7-6-22(35-2)16-23(20)25/h6-7,15-18,21,26,30,33H,4-5,8-14H2,1-3H3. The summed E-state index contributed by atoms with van der Waals surface area (Å²) >= 11 is 0. The fraction of sp³-hybridized carbons (Fsp3) is 0.483. The van der Waals surface area contributed by atoms with Gasteiger partial charge in [-0.15, -0.1) is 0 Å². The first kappa shape index (κ1) is 25.3. The topological polar surface area (TPSA) is 87.3 Å². The number of H-pyrrole nitrogens is 1. The Hall–Kier alpha value is -3.39. The third-order valence-corrected chi connectivity index (χ3v) is 7.72. The van der Waals surface area contributed by atoms with Crippen molar-refractivity contribution in [2.75, 3.05) is 40.5 Å². The van der Waals surface area contributed by atoms with Gasteiger partial charge in [-0.3, -0.25) is 0 Å². The number of nitrogens with one attached hydrogen (secondary N) is 1. The number of aromatic amines is 1. The summed E-state index contributed by atoms with van der Waals surface area (Å²) in [5.41, 5.74) is 4.60. The highest BCUT2D eigenvalue weighted by Gasteiger charge is 2.35. The molecule has 1 fully saturated rings. The van der Waals surface area contributed by atoms with E-state index in [1.807, 2.05) is 28.9 Å². The van der Waals surface area contributed by atoms with Crippen LogP contribution in [-0.2, 0) is 12.8 Å². The largest absolute Gasteiger partial charge is 0.497 e. The summed E-state index contributed by atoms with van der Waals surface area (Å²) in [6.45, 7) is 4.32. The molecule has 8 nitrogen and oxygen atoms in total. The third-order valence-electron chi connectivity index (χ3n) is 7.72. The molecule has 8 heteroatoms. The maximum atomic E-state index is 13.8. The maximum Gasteiger partial charge on any atom is 0.320 e. The van der Waals surface area contributed by atoms with Crippen LogP contribution in [-0.4, -0.2) is 72.5 Å². The van der Waals surface area contributed by atoms with Gasteiger partial charge < -0.3 is 34.1 Å². The number of fused-ring (bicyclic) bond motifs is 2. The van der Waals surface area contributed by atoms with Gasteiger partial charge in [0, 0.05) is 36.7 Å². The Morgan fingerprint density at radius 3 is 2.62 bits per heavy atom. The predicted molar refractivity (Wildman–Crippen MR) is 143 cm³/mol. The van der Waals surface area contributed by atoms with E-state index < -0.39 is 0 Å². The van der Waals surface area contributed by atoms with Gasteiger partial charge in [0.25, 0.3) is 0 Å². The second kappa shape index (κ2) is 10.9. The summed E-state index contributed by atoms with van der Waals surface area (Å²) in [5, 5.41) is 11.1. The number of aryl methyl sites for hydroxylation is 1. The van der Waals surface area contributed by atoms with Crippen molar-refractivity contribution >= 4 is 16.9 Å². The van der Waals surface area contributed by atoms with E-state index in [-0.39, 0.29) is 18.2 Å². The van der Waals surface area contributed by atoms with Crippen LogP contribution in [0.4, 0.5) is 4.79 Å². The highest BCUT2D eigenvalue weighted by molar-refractivity contribution is 5.84. The van der Waals surface area contributed by atoms with Gasteiger partial charge in [-0.05, 0) is 86.1 Å². The molecule has 0 aliphatic carbocycles. The molecular weight excluding hydrogens is 470 g/mol. The molecule has 3 heterocycles. The van der Waals surface area contributed by atoms with E-state index in [4.69, 9.17) is 14.2 Å². The zero-order valence-electron chi connectivity index (χ0n) is 22.0. The second-order valence-electron chi connectivity index (χ2n) is 9.86. The Bertz CT molecular complexity index is 1250. The molecule has 3 aromatic rings. The number of carbonyl (C=O) groups excluding carboxylic acids is 1. The number of methoxy groups -OCH3 is 2. The van der Waals surface area contributed by atoms with Crippen LogP contribution in [0, 0.1) is 0 Å². The van der Waals surface area contributed by atoms with Crippen molar-refractivity contribution in [2.45, 2.75) is 51.2 Å². The molecule has 37 heavy (non-hydrogen) atoms. The minimum absolute atomic E-state index is 0.0527. The van der Waals surface area contributed by atoms with Crippen LogP contribution >= 0.6 is 0 Å². The third kappa shape index (κ3) is 5.07. The fourth-order valence-corrected chi connectivity index (χ4v) is 5.70. The average Bonchev–Trinajstić information content (AvgIpc) is 3.33. The van der Waals surface area contributed by atoms with E-state index >= 15 is 0 Å². The number of rotatable bonds is 7. The fourth-order valence-electron chi connectivity index (χ4n) is 5.70. The Kier molecular flexibility index (Phi) is 7.46. The number of ether oxygens (including phenoxy) is 3. The molecule has 0 spiro atoms. The molecule has 2 amide bonds. The van der Waals surface area contributed by atoms with Gasteiger partial charge in [-0.1, -0.05) is 0 Å². The number of nitrogens with zero attached hydrogens (tertiary/aromatic N) is 2. The lowest BCUT2D eigenvalue weighted by Gasteiger charge is -2.42. The monoisotopic (exact) mass is 507 g/mol. The normalized spacial score (nSPS) is 18.1. The van der Waals surface area contributed by atoms with Gasteiger partial charge in [0.05, 0.1) is 33.0 Å². The molecule has 1 atom stereocenters. The molecule has 1 aromatic heterocycles. The van der Waals surface area contributed by atoms with Crippen molar-refractivity contribution in [3.8, 4) is 17.2 Å². The van der Waals surface area contributed by atoms with Crippen LogP contribution in [0.25, 0.3) is 10.9 Å². The van der Waals surface area contributed by atoms with Crippen LogP contribution in [0.5, 0.6) is 17.2 Å². The Morgan fingerprint density at radius 1 is 1.08 bits per heavy atom.